The van der Waals surface area contributed by atoms with Gasteiger partial charge in [-0.15, -0.1) is 0 Å². The highest BCUT2D eigenvalue weighted by atomic mass is 16.2. The molecule has 0 aliphatic carbocycles. The standard InChI is InChI=1S/C11H24N2O/c1-6-11(5,7-2)13-10(14)9(12)8(3)4/h8-9H,6-7,12H2,1-5H3,(H,13,14). The van der Waals surface area contributed by atoms with E-state index >= 15 is 0 Å². The zero-order chi connectivity index (χ0) is 11.4. The van der Waals surface area contributed by atoms with Crippen molar-refractivity contribution in [1.29, 1.82) is 0 Å². The van der Waals surface area contributed by atoms with Crippen molar-refractivity contribution >= 4 is 5.91 Å². The maximum atomic E-state index is 11.7. The number of hydrogen-bond donors (Lipinski definition) is 2. The van der Waals surface area contributed by atoms with Crippen molar-refractivity contribution in [2.75, 3.05) is 0 Å². The van der Waals surface area contributed by atoms with E-state index in [9.17, 15) is 4.79 Å². The second-order valence-corrected chi connectivity index (χ2v) is 4.53. The Labute approximate surface area is 87.4 Å². The van der Waals surface area contributed by atoms with Crippen LogP contribution < -0.4 is 11.1 Å². The van der Waals surface area contributed by atoms with E-state index in [0.717, 1.165) is 12.8 Å². The monoisotopic (exact) mass is 200 g/mol. The summed E-state index contributed by atoms with van der Waals surface area (Å²) in [6.45, 7) is 10.1. The molecule has 0 aliphatic rings. The third kappa shape index (κ3) is 3.66. The van der Waals surface area contributed by atoms with Gasteiger partial charge >= 0.3 is 0 Å². The van der Waals surface area contributed by atoms with Crippen LogP contribution in [0.1, 0.15) is 47.5 Å². The fraction of sp³-hybridized carbons (Fsp3) is 0.909. The van der Waals surface area contributed by atoms with Crippen LogP contribution in [0.4, 0.5) is 0 Å². The Morgan fingerprint density at radius 3 is 2.07 bits per heavy atom. The molecule has 0 bridgehead atoms. The molecule has 1 amide bonds. The van der Waals surface area contributed by atoms with E-state index in [2.05, 4.69) is 26.1 Å². The summed E-state index contributed by atoms with van der Waals surface area (Å²) in [7, 11) is 0. The lowest BCUT2D eigenvalue weighted by atomic mass is 9.94. The number of amides is 1. The smallest absolute Gasteiger partial charge is 0.237 e. The Morgan fingerprint density at radius 1 is 1.36 bits per heavy atom. The number of hydrogen-bond acceptors (Lipinski definition) is 2. The first-order valence-electron chi connectivity index (χ1n) is 5.44. The van der Waals surface area contributed by atoms with Crippen molar-refractivity contribution in [1.82, 2.24) is 5.32 Å². The van der Waals surface area contributed by atoms with Gasteiger partial charge in [0.05, 0.1) is 6.04 Å². The van der Waals surface area contributed by atoms with E-state index in [1.54, 1.807) is 0 Å². The summed E-state index contributed by atoms with van der Waals surface area (Å²) in [5.74, 6) is 0.152. The number of nitrogens with two attached hydrogens (primary N) is 1. The van der Waals surface area contributed by atoms with E-state index in [0.29, 0.717) is 0 Å². The van der Waals surface area contributed by atoms with Gasteiger partial charge < -0.3 is 11.1 Å². The molecule has 3 N–H and O–H groups in total. The average molecular weight is 200 g/mol. The number of carbonyl (C=O) groups is 1. The second-order valence-electron chi connectivity index (χ2n) is 4.53. The quantitative estimate of drug-likeness (QED) is 0.709. The molecule has 0 heterocycles. The molecule has 14 heavy (non-hydrogen) atoms. The Balaban J connectivity index is 4.30. The molecule has 1 unspecified atom stereocenters. The molecule has 0 saturated heterocycles. The molecule has 3 heteroatoms. The summed E-state index contributed by atoms with van der Waals surface area (Å²) in [6, 6.07) is -0.396. The maximum Gasteiger partial charge on any atom is 0.237 e. The lowest BCUT2D eigenvalue weighted by Crippen LogP contribution is -2.53. The van der Waals surface area contributed by atoms with E-state index in [-0.39, 0.29) is 17.4 Å². The van der Waals surface area contributed by atoms with Crippen molar-refractivity contribution in [3.05, 3.63) is 0 Å². The number of carbonyl (C=O) groups excluding carboxylic acids is 1. The van der Waals surface area contributed by atoms with E-state index in [1.807, 2.05) is 13.8 Å². The van der Waals surface area contributed by atoms with Crippen LogP contribution in [0.15, 0.2) is 0 Å². The van der Waals surface area contributed by atoms with Crippen LogP contribution in [-0.2, 0) is 4.79 Å². The van der Waals surface area contributed by atoms with Crippen molar-refractivity contribution in [3.8, 4) is 0 Å². The van der Waals surface area contributed by atoms with Crippen molar-refractivity contribution in [2.45, 2.75) is 59.0 Å². The molecule has 0 radical (unpaired) electrons. The molecule has 0 aromatic heterocycles. The minimum absolute atomic E-state index is 0.0359. The molecule has 0 fully saturated rings. The van der Waals surface area contributed by atoms with Crippen LogP contribution in [-0.4, -0.2) is 17.5 Å². The Hall–Kier alpha value is -0.570. The van der Waals surface area contributed by atoms with Gasteiger partial charge in [-0.2, -0.15) is 0 Å². The summed E-state index contributed by atoms with van der Waals surface area (Å²) >= 11 is 0. The van der Waals surface area contributed by atoms with Gasteiger partial charge in [-0.25, -0.2) is 0 Å². The van der Waals surface area contributed by atoms with Crippen molar-refractivity contribution in [3.63, 3.8) is 0 Å². The Kier molecular flexibility index (Phi) is 5.13. The third-order valence-electron chi connectivity index (χ3n) is 3.01. The highest BCUT2D eigenvalue weighted by Crippen LogP contribution is 2.14. The van der Waals surface area contributed by atoms with Crippen LogP contribution >= 0.6 is 0 Å². The summed E-state index contributed by atoms with van der Waals surface area (Å²) < 4.78 is 0. The topological polar surface area (TPSA) is 55.1 Å². The van der Waals surface area contributed by atoms with Crippen LogP contribution in [0.3, 0.4) is 0 Å². The van der Waals surface area contributed by atoms with Gasteiger partial charge in [0.15, 0.2) is 0 Å². The minimum Gasteiger partial charge on any atom is -0.350 e. The normalized spacial score (nSPS) is 14.2. The zero-order valence-corrected chi connectivity index (χ0v) is 10.1. The molecule has 3 nitrogen and oxygen atoms in total. The van der Waals surface area contributed by atoms with E-state index in [4.69, 9.17) is 5.73 Å². The van der Waals surface area contributed by atoms with Gasteiger partial charge in [-0.1, -0.05) is 27.7 Å². The van der Waals surface area contributed by atoms with Crippen molar-refractivity contribution in [2.24, 2.45) is 11.7 Å². The van der Waals surface area contributed by atoms with Gasteiger partial charge in [0.25, 0.3) is 0 Å². The summed E-state index contributed by atoms with van der Waals surface area (Å²) in [6.07, 6.45) is 1.86. The molecule has 0 aliphatic heterocycles. The molecular weight excluding hydrogens is 176 g/mol. The van der Waals surface area contributed by atoms with Gasteiger partial charge in [0.2, 0.25) is 5.91 Å². The summed E-state index contributed by atoms with van der Waals surface area (Å²) in [5, 5.41) is 3.01. The summed E-state index contributed by atoms with van der Waals surface area (Å²) in [5.41, 5.74) is 5.66. The van der Waals surface area contributed by atoms with E-state index < -0.39 is 6.04 Å². The van der Waals surface area contributed by atoms with Gasteiger partial charge in [0, 0.05) is 5.54 Å². The van der Waals surface area contributed by atoms with Crippen LogP contribution in [0, 0.1) is 5.92 Å². The van der Waals surface area contributed by atoms with Gasteiger partial charge in [-0.05, 0) is 25.7 Å². The van der Waals surface area contributed by atoms with Gasteiger partial charge in [0.1, 0.15) is 0 Å². The highest BCUT2D eigenvalue weighted by Gasteiger charge is 2.26. The fourth-order valence-electron chi connectivity index (χ4n) is 1.11. The predicted molar refractivity (Wildman–Crippen MR) is 59.9 cm³/mol. The van der Waals surface area contributed by atoms with Crippen LogP contribution in [0.5, 0.6) is 0 Å². The molecule has 1 atom stereocenters. The molecule has 0 aromatic rings. The maximum absolute atomic E-state index is 11.7. The fourth-order valence-corrected chi connectivity index (χ4v) is 1.11. The zero-order valence-electron chi connectivity index (χ0n) is 10.1. The Morgan fingerprint density at radius 2 is 1.79 bits per heavy atom. The predicted octanol–water partition coefficient (Wildman–Crippen LogP) is 1.66. The lowest BCUT2D eigenvalue weighted by Gasteiger charge is -2.30. The van der Waals surface area contributed by atoms with Crippen molar-refractivity contribution < 1.29 is 4.79 Å². The molecule has 0 aromatic carbocycles. The first-order valence-corrected chi connectivity index (χ1v) is 5.44. The second kappa shape index (κ2) is 5.35. The lowest BCUT2D eigenvalue weighted by molar-refractivity contribution is -0.125. The number of nitrogens with one attached hydrogen (secondary N) is 1. The highest BCUT2D eigenvalue weighted by molar-refractivity contribution is 5.82. The molecule has 0 saturated carbocycles. The number of rotatable bonds is 5. The third-order valence-corrected chi connectivity index (χ3v) is 3.01. The molecular formula is C11H24N2O. The van der Waals surface area contributed by atoms with E-state index in [1.165, 1.54) is 0 Å². The van der Waals surface area contributed by atoms with Gasteiger partial charge in [-0.3, -0.25) is 4.79 Å². The molecule has 0 spiro atoms. The first-order chi connectivity index (χ1) is 6.36. The van der Waals surface area contributed by atoms with Crippen LogP contribution in [0.25, 0.3) is 0 Å². The SMILES string of the molecule is CCC(C)(CC)NC(=O)C(N)C(C)C. The molecule has 0 rings (SSSR count). The summed E-state index contributed by atoms with van der Waals surface area (Å²) in [4.78, 5) is 11.7. The minimum atomic E-state index is -0.396. The first kappa shape index (κ1) is 13.4. The molecule has 84 valence electrons. The largest absolute Gasteiger partial charge is 0.350 e. The van der Waals surface area contributed by atoms with Crippen LogP contribution in [0.2, 0.25) is 0 Å². The Bertz CT molecular complexity index is 186. The average Bonchev–Trinajstić information content (AvgIpc) is 2.16.